The van der Waals surface area contributed by atoms with E-state index >= 15 is 0 Å². The third kappa shape index (κ3) is 2.67. The van der Waals surface area contributed by atoms with Crippen LogP contribution in [0.25, 0.3) is 44.1 Å². The van der Waals surface area contributed by atoms with Crippen LogP contribution in [0.1, 0.15) is 0 Å². The van der Waals surface area contributed by atoms with E-state index in [1.54, 1.807) is 12.1 Å². The van der Waals surface area contributed by atoms with Crippen LogP contribution in [-0.2, 0) is 0 Å². The van der Waals surface area contributed by atoms with Crippen molar-refractivity contribution in [2.24, 2.45) is 0 Å². The first-order valence-corrected chi connectivity index (χ1v) is 9.17. The van der Waals surface area contributed by atoms with E-state index in [1.165, 1.54) is 12.1 Å². The zero-order valence-corrected chi connectivity index (χ0v) is 15.2. The van der Waals surface area contributed by atoms with Crippen molar-refractivity contribution in [3.05, 3.63) is 101 Å². The maximum absolute atomic E-state index is 14.9. The largest absolute Gasteiger partial charge is 0.354 e. The van der Waals surface area contributed by atoms with E-state index in [4.69, 9.17) is 0 Å². The quantitative estimate of drug-likeness (QED) is 0.279. The third-order valence-electron chi connectivity index (χ3n) is 5.22. The minimum Gasteiger partial charge on any atom is -0.354 e. The fourth-order valence-corrected chi connectivity index (χ4v) is 3.92. The minimum atomic E-state index is -0.825. The molecule has 0 radical (unpaired) electrons. The van der Waals surface area contributed by atoms with Crippen LogP contribution >= 0.6 is 0 Å². The van der Waals surface area contributed by atoms with Gasteiger partial charge in [-0.2, -0.15) is 4.39 Å². The molecule has 0 bridgehead atoms. The van der Waals surface area contributed by atoms with E-state index in [-0.39, 0.29) is 5.56 Å². The van der Waals surface area contributed by atoms with Gasteiger partial charge in [-0.1, -0.05) is 72.8 Å². The average molecular weight is 382 g/mol. The summed E-state index contributed by atoms with van der Waals surface area (Å²) in [5, 5.41) is 13.4. The smallest absolute Gasteiger partial charge is 0.305 e. The van der Waals surface area contributed by atoms with Gasteiger partial charge < -0.3 is 4.98 Å². The molecule has 29 heavy (non-hydrogen) atoms. The summed E-state index contributed by atoms with van der Waals surface area (Å²) in [6.45, 7) is 0. The fourth-order valence-electron chi connectivity index (χ4n) is 3.92. The predicted octanol–water partition coefficient (Wildman–Crippen LogP) is 6.70. The Bertz CT molecular complexity index is 1400. The Hall–Kier alpha value is -3.99. The number of nitrogens with zero attached hydrogens (tertiary/aromatic N) is 1. The van der Waals surface area contributed by atoms with Gasteiger partial charge in [0.2, 0.25) is 5.82 Å². The molecule has 0 aliphatic heterocycles. The van der Waals surface area contributed by atoms with Crippen LogP contribution in [0.5, 0.6) is 0 Å². The Morgan fingerprint density at radius 3 is 2.07 bits per heavy atom. The molecule has 0 unspecified atom stereocenters. The highest BCUT2D eigenvalue weighted by molar-refractivity contribution is 6.12. The summed E-state index contributed by atoms with van der Waals surface area (Å²) in [4.78, 5) is 14.0. The molecule has 0 fully saturated rings. The molecule has 0 amide bonds. The molecule has 1 aromatic heterocycles. The van der Waals surface area contributed by atoms with E-state index in [9.17, 15) is 14.5 Å². The van der Waals surface area contributed by atoms with Gasteiger partial charge in [0.05, 0.1) is 10.4 Å². The number of benzene rings is 4. The number of H-pyrrole nitrogens is 1. The summed E-state index contributed by atoms with van der Waals surface area (Å²) in [5.74, 6) is -0.825. The van der Waals surface area contributed by atoms with Gasteiger partial charge in [0.15, 0.2) is 0 Å². The van der Waals surface area contributed by atoms with Gasteiger partial charge in [-0.3, -0.25) is 10.1 Å². The molecule has 4 aromatic carbocycles. The van der Waals surface area contributed by atoms with Gasteiger partial charge in [-0.25, -0.2) is 0 Å². The summed E-state index contributed by atoms with van der Waals surface area (Å²) < 4.78 is 14.9. The molecule has 0 aliphatic carbocycles. The molecule has 5 heteroatoms. The molecular formula is C24H15FN2O2. The molecule has 1 N–H and O–H groups in total. The number of hydrogen-bond acceptors (Lipinski definition) is 2. The zero-order chi connectivity index (χ0) is 20.0. The van der Waals surface area contributed by atoms with Gasteiger partial charge >= 0.3 is 5.69 Å². The molecule has 0 saturated heterocycles. The van der Waals surface area contributed by atoms with Crippen molar-refractivity contribution >= 4 is 27.5 Å². The Balaban J connectivity index is 1.81. The van der Waals surface area contributed by atoms with Crippen LogP contribution in [0, 0.1) is 15.9 Å². The van der Waals surface area contributed by atoms with Crippen LogP contribution in [0.2, 0.25) is 0 Å². The van der Waals surface area contributed by atoms with Crippen LogP contribution in [0.4, 0.5) is 10.1 Å². The number of hydrogen-bond donors (Lipinski definition) is 1. The lowest BCUT2D eigenvalue weighted by atomic mass is 9.93. The van der Waals surface area contributed by atoms with Crippen LogP contribution in [0.15, 0.2) is 84.9 Å². The van der Waals surface area contributed by atoms with E-state index in [2.05, 4.69) is 11.1 Å². The van der Waals surface area contributed by atoms with Crippen molar-refractivity contribution in [1.82, 2.24) is 4.98 Å². The van der Waals surface area contributed by atoms with Crippen LogP contribution in [-0.4, -0.2) is 9.91 Å². The molecule has 0 spiro atoms. The van der Waals surface area contributed by atoms with E-state index in [0.717, 1.165) is 32.9 Å². The van der Waals surface area contributed by atoms with Gasteiger partial charge in [0.25, 0.3) is 0 Å². The molecule has 0 atom stereocenters. The summed E-state index contributed by atoms with van der Waals surface area (Å²) >= 11 is 0. The first-order chi connectivity index (χ1) is 14.1. The summed E-state index contributed by atoms with van der Waals surface area (Å²) in [5.41, 5.74) is 3.99. The third-order valence-corrected chi connectivity index (χ3v) is 5.22. The zero-order valence-electron chi connectivity index (χ0n) is 15.2. The number of nitrogens with one attached hydrogen (secondary N) is 1. The fraction of sp³-hybridized carbons (Fsp3) is 0. The van der Waals surface area contributed by atoms with Gasteiger partial charge in [0.1, 0.15) is 0 Å². The second-order valence-electron chi connectivity index (χ2n) is 6.84. The average Bonchev–Trinajstić information content (AvgIpc) is 3.13. The molecule has 4 nitrogen and oxygen atoms in total. The van der Waals surface area contributed by atoms with Crippen molar-refractivity contribution in [2.45, 2.75) is 0 Å². The van der Waals surface area contributed by atoms with Crippen molar-refractivity contribution in [2.75, 3.05) is 0 Å². The molecule has 1 heterocycles. The maximum Gasteiger partial charge on any atom is 0.305 e. The highest BCUT2D eigenvalue weighted by Gasteiger charge is 2.21. The maximum atomic E-state index is 14.9. The normalized spacial score (nSPS) is 11.2. The lowest BCUT2D eigenvalue weighted by Crippen LogP contribution is -1.96. The number of halogens is 1. The number of aromatic amines is 1. The number of fused-ring (bicyclic) bond motifs is 3. The second kappa shape index (κ2) is 6.56. The van der Waals surface area contributed by atoms with E-state index < -0.39 is 16.4 Å². The highest BCUT2D eigenvalue weighted by Crippen LogP contribution is 2.39. The number of nitro groups is 1. The number of rotatable bonds is 3. The summed E-state index contributed by atoms with van der Waals surface area (Å²) in [6, 6.07) is 25.7. The Morgan fingerprint density at radius 2 is 1.28 bits per heavy atom. The van der Waals surface area contributed by atoms with E-state index in [1.807, 2.05) is 54.6 Å². The molecule has 140 valence electrons. The Kier molecular flexibility index (Phi) is 3.88. The van der Waals surface area contributed by atoms with Gasteiger partial charge in [-0.05, 0) is 17.2 Å². The van der Waals surface area contributed by atoms with Crippen molar-refractivity contribution in [3.63, 3.8) is 0 Å². The lowest BCUT2D eigenvalue weighted by molar-refractivity contribution is -0.387. The summed E-state index contributed by atoms with van der Waals surface area (Å²) in [7, 11) is 0. The standard InChI is InChI=1S/C24H15FN2O2/c25-23-18(10-6-14-22(23)27(28)29)15-7-1-2-8-16(15)19-11-5-12-20-17-9-3-4-13-21(17)26-24(19)20/h1-14,26H. The van der Waals surface area contributed by atoms with Crippen molar-refractivity contribution in [1.29, 1.82) is 0 Å². The Morgan fingerprint density at radius 1 is 0.690 bits per heavy atom. The SMILES string of the molecule is O=[N+]([O-])c1cccc(-c2ccccc2-c2cccc3c2[nH]c2ccccc23)c1F. The molecular weight excluding hydrogens is 367 g/mol. The highest BCUT2D eigenvalue weighted by atomic mass is 19.1. The molecule has 5 rings (SSSR count). The lowest BCUT2D eigenvalue weighted by Gasteiger charge is -2.12. The number of para-hydroxylation sites is 2. The van der Waals surface area contributed by atoms with Gasteiger partial charge in [0, 0.05) is 33.5 Å². The van der Waals surface area contributed by atoms with E-state index in [0.29, 0.717) is 5.56 Å². The molecule has 5 aromatic rings. The first kappa shape index (κ1) is 17.1. The topological polar surface area (TPSA) is 58.9 Å². The van der Waals surface area contributed by atoms with Gasteiger partial charge in [-0.15, -0.1) is 0 Å². The van der Waals surface area contributed by atoms with Crippen LogP contribution in [0.3, 0.4) is 0 Å². The van der Waals surface area contributed by atoms with Crippen molar-refractivity contribution < 1.29 is 9.31 Å². The molecule has 0 aliphatic rings. The van der Waals surface area contributed by atoms with Crippen LogP contribution < -0.4 is 0 Å². The van der Waals surface area contributed by atoms with Crippen molar-refractivity contribution in [3.8, 4) is 22.3 Å². The first-order valence-electron chi connectivity index (χ1n) is 9.17. The number of aromatic nitrogens is 1. The minimum absolute atomic E-state index is 0.211. The Labute approximate surface area is 165 Å². The number of nitro benzene ring substituents is 1. The summed E-state index contributed by atoms with van der Waals surface area (Å²) in [6.07, 6.45) is 0. The second-order valence-corrected chi connectivity index (χ2v) is 6.84. The predicted molar refractivity (Wildman–Crippen MR) is 113 cm³/mol. The molecule has 0 saturated carbocycles. The monoisotopic (exact) mass is 382 g/mol.